The second-order valence-electron chi connectivity index (χ2n) is 5.24. The second kappa shape index (κ2) is 7.39. The number of nitrogens with zero attached hydrogens (tertiary/aromatic N) is 2. The Morgan fingerprint density at radius 1 is 1.23 bits per heavy atom. The summed E-state index contributed by atoms with van der Waals surface area (Å²) in [5, 5.41) is 11.7. The van der Waals surface area contributed by atoms with Crippen molar-refractivity contribution < 1.29 is 4.79 Å². The van der Waals surface area contributed by atoms with Crippen LogP contribution in [0.5, 0.6) is 0 Å². The van der Waals surface area contributed by atoms with Gasteiger partial charge in [-0.15, -0.1) is 0 Å². The molecule has 0 heterocycles. The van der Waals surface area contributed by atoms with Gasteiger partial charge >= 0.3 is 0 Å². The third-order valence-electron chi connectivity index (χ3n) is 3.61. The van der Waals surface area contributed by atoms with E-state index >= 15 is 0 Å². The van der Waals surface area contributed by atoms with Gasteiger partial charge in [0.2, 0.25) is 5.91 Å². The molecule has 2 aromatic carbocycles. The molecule has 1 atom stereocenters. The highest BCUT2D eigenvalue weighted by Crippen LogP contribution is 2.18. The lowest BCUT2D eigenvalue weighted by atomic mass is 10.1. The first-order valence-corrected chi connectivity index (χ1v) is 7.15. The molecule has 112 valence electrons. The number of rotatable bonds is 5. The van der Waals surface area contributed by atoms with Crippen molar-refractivity contribution in [3.8, 4) is 6.07 Å². The van der Waals surface area contributed by atoms with Gasteiger partial charge in [-0.3, -0.25) is 9.69 Å². The number of carbonyl (C=O) groups is 1. The number of benzene rings is 2. The van der Waals surface area contributed by atoms with E-state index in [1.165, 1.54) is 5.56 Å². The Labute approximate surface area is 131 Å². The Morgan fingerprint density at radius 3 is 2.64 bits per heavy atom. The van der Waals surface area contributed by atoms with Crippen LogP contribution in [0.3, 0.4) is 0 Å². The molecule has 0 aliphatic heterocycles. The van der Waals surface area contributed by atoms with Crippen LogP contribution in [0.4, 0.5) is 5.69 Å². The van der Waals surface area contributed by atoms with Crippen molar-refractivity contribution in [2.24, 2.45) is 0 Å². The van der Waals surface area contributed by atoms with Crippen LogP contribution in [0.2, 0.25) is 0 Å². The molecule has 0 aliphatic rings. The van der Waals surface area contributed by atoms with E-state index in [2.05, 4.69) is 30.4 Å². The van der Waals surface area contributed by atoms with Crippen LogP contribution in [0.25, 0.3) is 0 Å². The maximum Gasteiger partial charge on any atom is 0.238 e. The maximum absolute atomic E-state index is 12.1. The predicted octanol–water partition coefficient (Wildman–Crippen LogP) is 3.19. The molecule has 2 rings (SSSR count). The molecule has 0 unspecified atom stereocenters. The van der Waals surface area contributed by atoms with Gasteiger partial charge in [0.05, 0.1) is 18.2 Å². The molecule has 4 heteroatoms. The zero-order chi connectivity index (χ0) is 15.9. The number of amides is 1. The lowest BCUT2D eigenvalue weighted by Gasteiger charge is -2.24. The van der Waals surface area contributed by atoms with E-state index in [1.807, 2.05) is 30.1 Å². The van der Waals surface area contributed by atoms with Gasteiger partial charge < -0.3 is 5.32 Å². The summed E-state index contributed by atoms with van der Waals surface area (Å²) in [4.78, 5) is 14.1. The van der Waals surface area contributed by atoms with Gasteiger partial charge in [-0.05, 0) is 37.7 Å². The first-order valence-electron chi connectivity index (χ1n) is 7.15. The highest BCUT2D eigenvalue weighted by Gasteiger charge is 2.14. The van der Waals surface area contributed by atoms with Crippen LogP contribution < -0.4 is 5.32 Å². The monoisotopic (exact) mass is 293 g/mol. The lowest BCUT2D eigenvalue weighted by molar-refractivity contribution is -0.117. The zero-order valence-electron chi connectivity index (χ0n) is 12.8. The Kier molecular flexibility index (Phi) is 5.29. The third kappa shape index (κ3) is 4.18. The molecule has 0 aliphatic carbocycles. The van der Waals surface area contributed by atoms with Crippen LogP contribution >= 0.6 is 0 Å². The standard InChI is InChI=1S/C18H19N3O/c1-14(16-8-4-3-5-9-16)21(2)13-18(22)20-17-10-6-7-15(11-17)12-19/h3-11,14H,13H2,1-2H3,(H,20,22)/t14-/m1/s1. The minimum atomic E-state index is -0.0969. The number of hydrogen-bond donors (Lipinski definition) is 1. The summed E-state index contributed by atoms with van der Waals surface area (Å²) in [6, 6.07) is 19.2. The van der Waals surface area contributed by atoms with Gasteiger partial charge in [0.25, 0.3) is 0 Å². The number of carbonyl (C=O) groups excluding carboxylic acids is 1. The minimum Gasteiger partial charge on any atom is -0.325 e. The summed E-state index contributed by atoms with van der Waals surface area (Å²) in [6.07, 6.45) is 0. The Morgan fingerprint density at radius 2 is 1.95 bits per heavy atom. The summed E-state index contributed by atoms with van der Waals surface area (Å²) >= 11 is 0. The van der Waals surface area contributed by atoms with Crippen molar-refractivity contribution in [2.45, 2.75) is 13.0 Å². The molecule has 2 aromatic rings. The second-order valence-corrected chi connectivity index (χ2v) is 5.24. The Balaban J connectivity index is 1.95. The van der Waals surface area contributed by atoms with Crippen molar-refractivity contribution in [1.82, 2.24) is 4.90 Å². The van der Waals surface area contributed by atoms with Crippen molar-refractivity contribution >= 4 is 11.6 Å². The van der Waals surface area contributed by atoms with E-state index in [1.54, 1.807) is 24.3 Å². The molecule has 0 aromatic heterocycles. The van der Waals surface area contributed by atoms with E-state index in [9.17, 15) is 4.79 Å². The third-order valence-corrected chi connectivity index (χ3v) is 3.61. The summed E-state index contributed by atoms with van der Waals surface area (Å²) in [5.74, 6) is -0.0969. The normalized spacial score (nSPS) is 11.7. The first kappa shape index (κ1) is 15.7. The first-order chi connectivity index (χ1) is 10.6. The van der Waals surface area contributed by atoms with Gasteiger partial charge in [-0.25, -0.2) is 0 Å². The van der Waals surface area contributed by atoms with E-state index in [0.29, 0.717) is 11.3 Å². The van der Waals surface area contributed by atoms with Gasteiger partial charge in [0.15, 0.2) is 0 Å². The van der Waals surface area contributed by atoms with E-state index in [0.717, 1.165) is 0 Å². The molecule has 22 heavy (non-hydrogen) atoms. The van der Waals surface area contributed by atoms with Gasteiger partial charge in [-0.2, -0.15) is 5.26 Å². The fourth-order valence-electron chi connectivity index (χ4n) is 2.22. The fraction of sp³-hybridized carbons (Fsp3) is 0.222. The SMILES string of the molecule is C[C@H](c1ccccc1)N(C)CC(=O)Nc1cccc(C#N)c1. The van der Waals surface area contributed by atoms with Crippen LogP contribution in [-0.2, 0) is 4.79 Å². The van der Waals surface area contributed by atoms with E-state index in [4.69, 9.17) is 5.26 Å². The van der Waals surface area contributed by atoms with Crippen molar-refractivity contribution in [2.75, 3.05) is 18.9 Å². The Bertz CT molecular complexity index is 676. The molecule has 0 fully saturated rings. The van der Waals surface area contributed by atoms with Crippen LogP contribution in [0, 0.1) is 11.3 Å². The predicted molar refractivity (Wildman–Crippen MR) is 87.3 cm³/mol. The molecule has 0 spiro atoms. The van der Waals surface area contributed by atoms with Crippen molar-refractivity contribution in [3.05, 3.63) is 65.7 Å². The topological polar surface area (TPSA) is 56.1 Å². The van der Waals surface area contributed by atoms with Crippen LogP contribution in [-0.4, -0.2) is 24.4 Å². The smallest absolute Gasteiger partial charge is 0.238 e. The van der Waals surface area contributed by atoms with E-state index < -0.39 is 0 Å². The van der Waals surface area contributed by atoms with Crippen molar-refractivity contribution in [3.63, 3.8) is 0 Å². The maximum atomic E-state index is 12.1. The molecular formula is C18H19N3O. The molecule has 1 amide bonds. The number of anilines is 1. The lowest BCUT2D eigenvalue weighted by Crippen LogP contribution is -2.32. The molecule has 1 N–H and O–H groups in total. The average Bonchev–Trinajstić information content (AvgIpc) is 2.55. The summed E-state index contributed by atoms with van der Waals surface area (Å²) in [7, 11) is 1.92. The summed E-state index contributed by atoms with van der Waals surface area (Å²) in [6.45, 7) is 2.35. The molecule has 0 radical (unpaired) electrons. The van der Waals surface area contributed by atoms with E-state index in [-0.39, 0.29) is 18.5 Å². The summed E-state index contributed by atoms with van der Waals surface area (Å²) < 4.78 is 0. The fourth-order valence-corrected chi connectivity index (χ4v) is 2.22. The molecule has 0 saturated carbocycles. The highest BCUT2D eigenvalue weighted by atomic mass is 16.2. The van der Waals surface area contributed by atoms with Crippen LogP contribution in [0.1, 0.15) is 24.1 Å². The van der Waals surface area contributed by atoms with Crippen LogP contribution in [0.15, 0.2) is 54.6 Å². The molecule has 4 nitrogen and oxygen atoms in total. The Hall–Kier alpha value is -2.64. The largest absolute Gasteiger partial charge is 0.325 e. The van der Waals surface area contributed by atoms with Gasteiger partial charge in [0, 0.05) is 11.7 Å². The molecule has 0 saturated heterocycles. The zero-order valence-corrected chi connectivity index (χ0v) is 12.8. The number of likely N-dealkylation sites (N-methyl/N-ethyl adjacent to an activating group) is 1. The minimum absolute atomic E-state index is 0.0969. The van der Waals surface area contributed by atoms with Gasteiger partial charge in [0.1, 0.15) is 0 Å². The number of hydrogen-bond acceptors (Lipinski definition) is 3. The number of nitrogens with one attached hydrogen (secondary N) is 1. The quantitative estimate of drug-likeness (QED) is 0.921. The summed E-state index contributed by atoms with van der Waals surface area (Å²) in [5.41, 5.74) is 2.35. The van der Waals surface area contributed by atoms with Crippen molar-refractivity contribution in [1.29, 1.82) is 5.26 Å². The number of nitriles is 1. The molecular weight excluding hydrogens is 274 g/mol. The highest BCUT2D eigenvalue weighted by molar-refractivity contribution is 5.92. The molecule has 0 bridgehead atoms. The average molecular weight is 293 g/mol. The van der Waals surface area contributed by atoms with Gasteiger partial charge in [-0.1, -0.05) is 36.4 Å².